The maximum absolute atomic E-state index is 13.4. The van der Waals surface area contributed by atoms with E-state index in [1.54, 1.807) is 16.9 Å². The quantitative estimate of drug-likeness (QED) is 0.663. The van der Waals surface area contributed by atoms with Crippen LogP contribution in [0.1, 0.15) is 16.8 Å². The summed E-state index contributed by atoms with van der Waals surface area (Å²) in [5.74, 6) is -0.152. The fourth-order valence-corrected chi connectivity index (χ4v) is 3.19. The van der Waals surface area contributed by atoms with Gasteiger partial charge in [-0.05, 0) is 47.9 Å². The predicted molar refractivity (Wildman–Crippen MR) is 107 cm³/mol. The molecule has 152 valence electrons. The first-order valence-corrected chi connectivity index (χ1v) is 9.02. The number of nitrogens with two attached hydrogens (primary N) is 1. The van der Waals surface area contributed by atoms with Crippen molar-refractivity contribution < 1.29 is 13.9 Å². The van der Waals surface area contributed by atoms with Crippen molar-refractivity contribution in [3.05, 3.63) is 71.3 Å². The average molecular weight is 418 g/mol. The molecular weight excluding hydrogens is 397 g/mol. The van der Waals surface area contributed by atoms with Gasteiger partial charge in [-0.1, -0.05) is 17.3 Å². The zero-order chi connectivity index (χ0) is 19.5. The summed E-state index contributed by atoms with van der Waals surface area (Å²) in [6.07, 6.45) is 2.23. The van der Waals surface area contributed by atoms with Crippen LogP contribution in [0.4, 0.5) is 4.39 Å². The van der Waals surface area contributed by atoms with E-state index in [0.29, 0.717) is 31.0 Å². The predicted octanol–water partition coefficient (Wildman–Crippen LogP) is 2.15. The minimum atomic E-state index is -0.347. The normalized spacial score (nSPS) is 15.0. The minimum absolute atomic E-state index is 0. The SMILES string of the molecule is Cl.NCc1cn(-c2cccc(CNC(=O)[C@@H]3COc4ccc(F)cc4C3)c2)nn1. The molecule has 9 heteroatoms. The van der Waals surface area contributed by atoms with Gasteiger partial charge >= 0.3 is 0 Å². The Bertz CT molecular complexity index is 1010. The Balaban J connectivity index is 0.00000240. The molecule has 0 saturated heterocycles. The monoisotopic (exact) mass is 417 g/mol. The van der Waals surface area contributed by atoms with E-state index in [0.717, 1.165) is 16.8 Å². The standard InChI is InChI=1S/C20H20FN5O2.ClH/c21-16-4-5-19-14(8-16)7-15(12-28-19)20(27)23-10-13-2-1-3-18(6-13)26-11-17(9-22)24-25-26;/h1-6,8,11,15H,7,9-10,12,22H2,(H,23,27);1H/t15-;/m0./s1. The van der Waals surface area contributed by atoms with Gasteiger partial charge in [0.2, 0.25) is 5.91 Å². The molecule has 0 aliphatic carbocycles. The van der Waals surface area contributed by atoms with Crippen LogP contribution in [0, 0.1) is 11.7 Å². The fourth-order valence-electron chi connectivity index (χ4n) is 3.19. The average Bonchev–Trinajstić information content (AvgIpc) is 3.21. The van der Waals surface area contributed by atoms with Crippen LogP contribution in [0.3, 0.4) is 0 Å². The van der Waals surface area contributed by atoms with E-state index < -0.39 is 0 Å². The third-order valence-electron chi connectivity index (χ3n) is 4.69. The summed E-state index contributed by atoms with van der Waals surface area (Å²) in [4.78, 5) is 12.5. The number of fused-ring (bicyclic) bond motifs is 1. The van der Waals surface area contributed by atoms with E-state index in [4.69, 9.17) is 10.5 Å². The van der Waals surface area contributed by atoms with E-state index >= 15 is 0 Å². The van der Waals surface area contributed by atoms with Gasteiger partial charge in [-0.3, -0.25) is 4.79 Å². The summed E-state index contributed by atoms with van der Waals surface area (Å²) < 4.78 is 20.7. The van der Waals surface area contributed by atoms with Gasteiger partial charge in [0, 0.05) is 13.1 Å². The Labute approximate surface area is 173 Å². The number of hydrogen-bond acceptors (Lipinski definition) is 5. The molecule has 3 aromatic rings. The lowest BCUT2D eigenvalue weighted by Gasteiger charge is -2.24. The second kappa shape index (κ2) is 9.02. The lowest BCUT2D eigenvalue weighted by Crippen LogP contribution is -2.37. The van der Waals surface area contributed by atoms with Crippen LogP contribution in [0.25, 0.3) is 5.69 Å². The Morgan fingerprint density at radius 3 is 2.97 bits per heavy atom. The van der Waals surface area contributed by atoms with Gasteiger partial charge in [0.15, 0.2) is 0 Å². The van der Waals surface area contributed by atoms with Crippen LogP contribution in [0.2, 0.25) is 0 Å². The highest BCUT2D eigenvalue weighted by atomic mass is 35.5. The number of amides is 1. The lowest BCUT2D eigenvalue weighted by molar-refractivity contribution is -0.126. The van der Waals surface area contributed by atoms with Gasteiger partial charge in [0.25, 0.3) is 0 Å². The number of halogens is 2. The van der Waals surface area contributed by atoms with E-state index in [2.05, 4.69) is 15.6 Å². The molecule has 0 saturated carbocycles. The van der Waals surface area contributed by atoms with E-state index in [-0.39, 0.29) is 36.7 Å². The summed E-state index contributed by atoms with van der Waals surface area (Å²) in [5, 5.41) is 11.0. The molecule has 7 nitrogen and oxygen atoms in total. The van der Waals surface area contributed by atoms with E-state index in [1.165, 1.54) is 12.1 Å². The topological polar surface area (TPSA) is 95.1 Å². The number of nitrogens with zero attached hydrogens (tertiary/aromatic N) is 3. The summed E-state index contributed by atoms with van der Waals surface area (Å²) in [6.45, 7) is 0.981. The van der Waals surface area contributed by atoms with Gasteiger partial charge in [-0.25, -0.2) is 9.07 Å². The molecule has 2 heterocycles. The summed E-state index contributed by atoms with van der Waals surface area (Å²) >= 11 is 0. The van der Waals surface area contributed by atoms with Gasteiger partial charge in [0.1, 0.15) is 18.2 Å². The third-order valence-corrected chi connectivity index (χ3v) is 4.69. The number of benzene rings is 2. The number of nitrogens with one attached hydrogen (secondary N) is 1. The van der Waals surface area contributed by atoms with Gasteiger partial charge in [-0.2, -0.15) is 0 Å². The molecule has 0 fully saturated rings. The molecule has 1 atom stereocenters. The maximum Gasteiger partial charge on any atom is 0.227 e. The highest BCUT2D eigenvalue weighted by Gasteiger charge is 2.26. The molecule has 1 aliphatic heterocycles. The van der Waals surface area contributed by atoms with Crippen LogP contribution >= 0.6 is 12.4 Å². The fraction of sp³-hybridized carbons (Fsp3) is 0.250. The molecule has 1 amide bonds. The number of carbonyl (C=O) groups excluding carboxylic acids is 1. The van der Waals surface area contributed by atoms with Crippen molar-refractivity contribution in [1.82, 2.24) is 20.3 Å². The molecule has 1 aromatic heterocycles. The van der Waals surface area contributed by atoms with E-state index in [9.17, 15) is 9.18 Å². The van der Waals surface area contributed by atoms with Crippen LogP contribution in [0.5, 0.6) is 5.75 Å². The zero-order valence-corrected chi connectivity index (χ0v) is 16.4. The van der Waals surface area contributed by atoms with Crippen LogP contribution in [0.15, 0.2) is 48.7 Å². The molecule has 0 radical (unpaired) electrons. The van der Waals surface area contributed by atoms with Crippen molar-refractivity contribution in [3.8, 4) is 11.4 Å². The van der Waals surface area contributed by atoms with Gasteiger partial charge < -0.3 is 15.8 Å². The Kier molecular flexibility index (Phi) is 6.46. The number of aromatic nitrogens is 3. The lowest BCUT2D eigenvalue weighted by atomic mass is 9.96. The molecule has 3 N–H and O–H groups in total. The second-order valence-electron chi connectivity index (χ2n) is 6.71. The summed E-state index contributed by atoms with van der Waals surface area (Å²) in [7, 11) is 0. The van der Waals surface area contributed by atoms with Crippen molar-refractivity contribution in [2.75, 3.05) is 6.61 Å². The molecule has 0 spiro atoms. The first kappa shape index (κ1) is 20.8. The van der Waals surface area contributed by atoms with Crippen molar-refractivity contribution in [1.29, 1.82) is 0 Å². The van der Waals surface area contributed by atoms with Gasteiger partial charge in [0.05, 0.1) is 23.5 Å². The summed E-state index contributed by atoms with van der Waals surface area (Å²) in [5.41, 5.74) is 8.75. The number of carbonyl (C=O) groups is 1. The number of hydrogen-bond donors (Lipinski definition) is 2. The van der Waals surface area contributed by atoms with Crippen molar-refractivity contribution in [2.24, 2.45) is 11.7 Å². The molecule has 2 aromatic carbocycles. The largest absolute Gasteiger partial charge is 0.492 e. The number of ether oxygens (including phenoxy) is 1. The second-order valence-corrected chi connectivity index (χ2v) is 6.71. The highest BCUT2D eigenvalue weighted by molar-refractivity contribution is 5.85. The summed E-state index contributed by atoms with van der Waals surface area (Å²) in [6, 6.07) is 12.0. The highest BCUT2D eigenvalue weighted by Crippen LogP contribution is 2.28. The van der Waals surface area contributed by atoms with E-state index in [1.807, 2.05) is 24.3 Å². The Morgan fingerprint density at radius 1 is 1.31 bits per heavy atom. The number of rotatable bonds is 5. The Morgan fingerprint density at radius 2 is 2.17 bits per heavy atom. The molecule has 1 aliphatic rings. The molecule has 0 unspecified atom stereocenters. The smallest absolute Gasteiger partial charge is 0.227 e. The molecule has 0 bridgehead atoms. The van der Waals surface area contributed by atoms with Crippen LogP contribution < -0.4 is 15.8 Å². The first-order valence-electron chi connectivity index (χ1n) is 9.02. The van der Waals surface area contributed by atoms with Crippen molar-refractivity contribution in [2.45, 2.75) is 19.5 Å². The minimum Gasteiger partial charge on any atom is -0.492 e. The molecule has 29 heavy (non-hydrogen) atoms. The molecule has 4 rings (SSSR count). The van der Waals surface area contributed by atoms with Crippen LogP contribution in [-0.4, -0.2) is 27.5 Å². The zero-order valence-electron chi connectivity index (χ0n) is 15.5. The van der Waals surface area contributed by atoms with Crippen molar-refractivity contribution in [3.63, 3.8) is 0 Å². The van der Waals surface area contributed by atoms with Gasteiger partial charge in [-0.15, -0.1) is 17.5 Å². The maximum atomic E-state index is 13.4. The third kappa shape index (κ3) is 4.72. The Hall–Kier alpha value is -2.97. The van der Waals surface area contributed by atoms with Crippen LogP contribution in [-0.2, 0) is 24.3 Å². The van der Waals surface area contributed by atoms with Crippen molar-refractivity contribution >= 4 is 18.3 Å². The first-order chi connectivity index (χ1) is 13.6. The molecular formula is C20H21ClFN5O2.